The van der Waals surface area contributed by atoms with Gasteiger partial charge in [0.05, 0.1) is 39.4 Å². The van der Waals surface area contributed by atoms with Crippen molar-refractivity contribution in [3.05, 3.63) is 65.2 Å². The van der Waals surface area contributed by atoms with Gasteiger partial charge < -0.3 is 22.5 Å². The Labute approximate surface area is 208 Å². The second-order valence-corrected chi connectivity index (χ2v) is 9.33. The van der Waals surface area contributed by atoms with E-state index in [-0.39, 0.29) is 18.0 Å². The molecule has 10 heteroatoms. The predicted molar refractivity (Wildman–Crippen MR) is 141 cm³/mol. The third-order valence-corrected chi connectivity index (χ3v) is 6.76. The van der Waals surface area contributed by atoms with Gasteiger partial charge in [0.2, 0.25) is 5.95 Å². The van der Waals surface area contributed by atoms with Gasteiger partial charge >= 0.3 is 0 Å². The average molecular weight is 490 g/mol. The normalized spacial score (nSPS) is 18.7. The number of para-hydroxylation sites is 1. The van der Waals surface area contributed by atoms with Crippen molar-refractivity contribution in [3.63, 3.8) is 0 Å². The van der Waals surface area contributed by atoms with Gasteiger partial charge in [0.25, 0.3) is 0 Å². The molecule has 5 rings (SSSR count). The first-order valence-corrected chi connectivity index (χ1v) is 12.0. The van der Waals surface area contributed by atoms with Gasteiger partial charge in [-0.05, 0) is 50.8 Å². The number of benzene rings is 1. The average Bonchev–Trinajstić information content (AvgIpc) is 3.26. The number of aliphatic imine (C=N–C) groups is 1. The lowest BCUT2D eigenvalue weighted by atomic mass is 9.91. The van der Waals surface area contributed by atoms with Crippen molar-refractivity contribution < 1.29 is 0 Å². The van der Waals surface area contributed by atoms with Crippen molar-refractivity contribution in [2.24, 2.45) is 16.5 Å². The number of amidine groups is 1. The van der Waals surface area contributed by atoms with Crippen LogP contribution >= 0.6 is 11.6 Å². The highest BCUT2D eigenvalue weighted by atomic mass is 35.5. The fourth-order valence-corrected chi connectivity index (χ4v) is 4.70. The number of fused-ring (bicyclic) bond motifs is 1. The lowest BCUT2D eigenvalue weighted by Gasteiger charge is -2.28. The Bertz CT molecular complexity index is 1400. The summed E-state index contributed by atoms with van der Waals surface area (Å²) in [5.74, 6) is 0.578. The molecule has 0 bridgehead atoms. The van der Waals surface area contributed by atoms with Crippen molar-refractivity contribution in [2.75, 3.05) is 11.1 Å². The number of nitrogen functional groups attached to an aromatic ring is 1. The summed E-state index contributed by atoms with van der Waals surface area (Å²) in [6, 6.07) is 9.93. The number of hydrogen-bond donors (Lipinski definition) is 4. The van der Waals surface area contributed by atoms with E-state index in [0.717, 1.165) is 53.7 Å². The van der Waals surface area contributed by atoms with Crippen molar-refractivity contribution in [1.29, 1.82) is 0 Å². The number of nitrogens with zero attached hydrogens (tertiary/aromatic N) is 5. The molecule has 4 aromatic rings. The fourth-order valence-electron chi connectivity index (χ4n) is 4.52. The van der Waals surface area contributed by atoms with E-state index < -0.39 is 0 Å². The van der Waals surface area contributed by atoms with Crippen LogP contribution in [0.5, 0.6) is 0 Å². The zero-order chi connectivity index (χ0) is 24.5. The molecule has 7 N–H and O–H groups in total. The zero-order valence-electron chi connectivity index (χ0n) is 19.4. The molecule has 3 heterocycles. The molecule has 0 spiro atoms. The summed E-state index contributed by atoms with van der Waals surface area (Å²) in [7, 11) is 0. The summed E-state index contributed by atoms with van der Waals surface area (Å²) >= 11 is 6.33. The molecule has 1 aliphatic carbocycles. The van der Waals surface area contributed by atoms with Gasteiger partial charge in [0, 0.05) is 35.6 Å². The van der Waals surface area contributed by atoms with Gasteiger partial charge in [-0.25, -0.2) is 19.5 Å². The van der Waals surface area contributed by atoms with Crippen LogP contribution in [0.15, 0.2) is 53.9 Å². The summed E-state index contributed by atoms with van der Waals surface area (Å²) in [5.41, 5.74) is 24.1. The number of anilines is 2. The summed E-state index contributed by atoms with van der Waals surface area (Å²) in [6.07, 6.45) is 9.33. The van der Waals surface area contributed by atoms with Crippen molar-refractivity contribution in [1.82, 2.24) is 19.6 Å². The molecule has 0 radical (unpaired) electrons. The molecule has 0 unspecified atom stereocenters. The Morgan fingerprint density at radius 1 is 1.17 bits per heavy atom. The molecule has 180 valence electrons. The predicted octanol–water partition coefficient (Wildman–Crippen LogP) is 4.05. The number of nitrogens with one attached hydrogen (secondary N) is 1. The van der Waals surface area contributed by atoms with Crippen LogP contribution in [0.1, 0.15) is 36.9 Å². The van der Waals surface area contributed by atoms with Crippen molar-refractivity contribution in [3.8, 4) is 11.1 Å². The zero-order valence-corrected chi connectivity index (χ0v) is 20.2. The quantitative estimate of drug-likeness (QED) is 0.244. The van der Waals surface area contributed by atoms with E-state index in [2.05, 4.69) is 31.4 Å². The first kappa shape index (κ1) is 23.1. The van der Waals surface area contributed by atoms with Crippen molar-refractivity contribution >= 4 is 40.3 Å². The third-order valence-electron chi connectivity index (χ3n) is 6.44. The molecule has 35 heavy (non-hydrogen) atoms. The van der Waals surface area contributed by atoms with E-state index in [1.54, 1.807) is 18.5 Å². The molecule has 1 aromatic carbocycles. The first-order valence-electron chi connectivity index (χ1n) is 11.6. The van der Waals surface area contributed by atoms with Crippen LogP contribution in [0, 0.1) is 6.92 Å². The minimum Gasteiger partial charge on any atom is -0.383 e. The van der Waals surface area contributed by atoms with E-state index in [1.807, 2.05) is 35.8 Å². The number of aryl methyl sites for hydroxylation is 1. The highest BCUT2D eigenvalue weighted by Gasteiger charge is 2.22. The molecule has 0 saturated heterocycles. The van der Waals surface area contributed by atoms with Crippen LogP contribution in [0.2, 0.25) is 5.02 Å². The Kier molecular flexibility index (Phi) is 6.27. The highest BCUT2D eigenvalue weighted by molar-refractivity contribution is 6.33. The molecular formula is C25H28ClN9. The van der Waals surface area contributed by atoms with Crippen LogP contribution in [-0.4, -0.2) is 37.5 Å². The van der Waals surface area contributed by atoms with Gasteiger partial charge in [0.15, 0.2) is 0 Å². The maximum absolute atomic E-state index is 6.52. The summed E-state index contributed by atoms with van der Waals surface area (Å²) in [5, 5.41) is 8.88. The minimum atomic E-state index is 0.247. The van der Waals surface area contributed by atoms with E-state index in [9.17, 15) is 0 Å². The second-order valence-electron chi connectivity index (χ2n) is 8.92. The molecule has 3 aromatic heterocycles. The summed E-state index contributed by atoms with van der Waals surface area (Å²) in [6.45, 7) is 1.91. The molecule has 1 aliphatic rings. The van der Waals surface area contributed by atoms with E-state index in [0.29, 0.717) is 22.1 Å². The SMILES string of the molecule is Cc1nc(N)ncc1-c1cc2c(N[C@H]3CC[C@H](N)CC3)c(/C(N)=N/c3ccccc3Cl)cnn2c1. The smallest absolute Gasteiger partial charge is 0.220 e. The molecule has 1 saturated carbocycles. The number of nitrogens with two attached hydrogens (primary N) is 3. The number of halogens is 1. The summed E-state index contributed by atoms with van der Waals surface area (Å²) < 4.78 is 1.83. The lowest BCUT2D eigenvalue weighted by molar-refractivity contribution is 0.411. The van der Waals surface area contributed by atoms with Crippen molar-refractivity contribution in [2.45, 2.75) is 44.7 Å². The van der Waals surface area contributed by atoms with Crippen LogP contribution in [0.3, 0.4) is 0 Å². The second kappa shape index (κ2) is 9.52. The number of rotatable bonds is 5. The van der Waals surface area contributed by atoms with Gasteiger partial charge in [-0.2, -0.15) is 5.10 Å². The van der Waals surface area contributed by atoms with E-state index in [1.165, 1.54) is 0 Å². The standard InChI is InChI=1S/C25H28ClN9/c1-14-18(11-30-25(29)32-14)15-10-22-23(33-17-8-6-16(27)7-9-17)19(12-31-35(22)13-15)24(28)34-21-5-3-2-4-20(21)26/h2-5,10-13,16-17,33H,6-9,27H2,1H3,(H2,28,34)(H2,29,30,32)/t16-,17-. The van der Waals surface area contributed by atoms with Gasteiger partial charge in [0.1, 0.15) is 5.84 Å². The molecule has 9 nitrogen and oxygen atoms in total. The molecular weight excluding hydrogens is 462 g/mol. The van der Waals surface area contributed by atoms with Crippen LogP contribution in [0.4, 0.5) is 17.3 Å². The van der Waals surface area contributed by atoms with Gasteiger partial charge in [-0.3, -0.25) is 0 Å². The molecule has 1 fully saturated rings. The summed E-state index contributed by atoms with van der Waals surface area (Å²) in [4.78, 5) is 13.1. The number of aromatic nitrogens is 4. The largest absolute Gasteiger partial charge is 0.383 e. The Morgan fingerprint density at radius 2 is 1.94 bits per heavy atom. The topological polar surface area (TPSA) is 146 Å². The van der Waals surface area contributed by atoms with Crippen LogP contribution in [0.25, 0.3) is 16.6 Å². The highest BCUT2D eigenvalue weighted by Crippen LogP contribution is 2.32. The van der Waals surface area contributed by atoms with Gasteiger partial charge in [-0.15, -0.1) is 0 Å². The maximum Gasteiger partial charge on any atom is 0.220 e. The Hall–Kier alpha value is -3.69. The van der Waals surface area contributed by atoms with Crippen LogP contribution < -0.4 is 22.5 Å². The van der Waals surface area contributed by atoms with E-state index >= 15 is 0 Å². The molecule has 0 amide bonds. The lowest BCUT2D eigenvalue weighted by Crippen LogP contribution is -2.33. The van der Waals surface area contributed by atoms with Gasteiger partial charge in [-0.1, -0.05) is 23.7 Å². The minimum absolute atomic E-state index is 0.247. The van der Waals surface area contributed by atoms with E-state index in [4.69, 9.17) is 28.8 Å². The molecule has 0 aliphatic heterocycles. The fraction of sp³-hybridized carbons (Fsp3) is 0.280. The monoisotopic (exact) mass is 489 g/mol. The third kappa shape index (κ3) is 4.78. The maximum atomic E-state index is 6.52. The molecule has 0 atom stereocenters. The number of hydrogen-bond acceptors (Lipinski definition) is 7. The Balaban J connectivity index is 1.62. The van der Waals surface area contributed by atoms with Crippen LogP contribution in [-0.2, 0) is 0 Å². The Morgan fingerprint density at radius 3 is 2.69 bits per heavy atom. The first-order chi connectivity index (χ1) is 16.9.